The number of unbranched alkanes of at least 4 members (excludes halogenated alkanes) is 9. The van der Waals surface area contributed by atoms with Gasteiger partial charge >= 0.3 is 11.9 Å². The fourth-order valence-corrected chi connectivity index (χ4v) is 3.73. The number of esters is 2. The number of hydrogen-bond acceptors (Lipinski definition) is 3. The summed E-state index contributed by atoms with van der Waals surface area (Å²) in [4.78, 5) is 23.0. The second-order valence-corrected chi connectivity index (χ2v) is 7.56. The summed E-state index contributed by atoms with van der Waals surface area (Å²) in [5, 5.41) is 0. The van der Waals surface area contributed by atoms with Gasteiger partial charge in [0.05, 0.1) is 12.3 Å². The van der Waals surface area contributed by atoms with Crippen molar-refractivity contribution in [3.05, 3.63) is 0 Å². The number of rotatable bonds is 15. The van der Waals surface area contributed by atoms with Crippen LogP contribution in [-0.4, -0.2) is 11.9 Å². The van der Waals surface area contributed by atoms with Crippen LogP contribution in [0.15, 0.2) is 0 Å². The smallest absolute Gasteiger partial charge is 0.317 e. The van der Waals surface area contributed by atoms with Gasteiger partial charge in [-0.2, -0.15) is 0 Å². The van der Waals surface area contributed by atoms with E-state index in [9.17, 15) is 9.59 Å². The molecule has 1 saturated heterocycles. The van der Waals surface area contributed by atoms with Crippen molar-refractivity contribution in [2.75, 3.05) is 0 Å². The Hall–Kier alpha value is -0.860. The zero-order valence-electron chi connectivity index (χ0n) is 16.0. The number of carbonyl (C=O) groups excluding carboxylic acids is 2. The van der Waals surface area contributed by atoms with Crippen LogP contribution in [-0.2, 0) is 14.3 Å². The average Bonchev–Trinajstić information content (AvgIpc) is 2.87. The SMILES string of the molecule is CCCCCCCCC(CCCCCCC)CC1CC(=O)OC1=O. The van der Waals surface area contributed by atoms with Crippen LogP contribution in [0.2, 0.25) is 0 Å². The largest absolute Gasteiger partial charge is 0.393 e. The second-order valence-electron chi connectivity index (χ2n) is 7.56. The molecule has 0 aromatic heterocycles. The fourth-order valence-electron chi connectivity index (χ4n) is 3.73. The Morgan fingerprint density at radius 2 is 1.33 bits per heavy atom. The lowest BCUT2D eigenvalue weighted by Crippen LogP contribution is -2.14. The highest BCUT2D eigenvalue weighted by Crippen LogP contribution is 2.30. The summed E-state index contributed by atoms with van der Waals surface area (Å²) in [6, 6.07) is 0. The molecule has 0 radical (unpaired) electrons. The summed E-state index contributed by atoms with van der Waals surface area (Å²) in [5.74, 6) is -0.190. The minimum atomic E-state index is -0.328. The van der Waals surface area contributed by atoms with Gasteiger partial charge in [-0.15, -0.1) is 0 Å². The van der Waals surface area contributed by atoms with Gasteiger partial charge in [0.15, 0.2) is 0 Å². The van der Waals surface area contributed by atoms with E-state index in [1.165, 1.54) is 83.5 Å². The first-order valence-corrected chi connectivity index (χ1v) is 10.4. The molecule has 2 atom stereocenters. The minimum absolute atomic E-state index is 0.168. The molecule has 0 aromatic rings. The van der Waals surface area contributed by atoms with E-state index < -0.39 is 0 Å². The van der Waals surface area contributed by atoms with Crippen molar-refractivity contribution in [1.82, 2.24) is 0 Å². The molecule has 140 valence electrons. The van der Waals surface area contributed by atoms with E-state index in [2.05, 4.69) is 13.8 Å². The van der Waals surface area contributed by atoms with Crippen LogP contribution in [0.5, 0.6) is 0 Å². The first-order chi connectivity index (χ1) is 11.7. The Morgan fingerprint density at radius 3 is 1.79 bits per heavy atom. The highest BCUT2D eigenvalue weighted by molar-refractivity contribution is 5.94. The van der Waals surface area contributed by atoms with Gasteiger partial charge in [-0.1, -0.05) is 97.3 Å². The monoisotopic (exact) mass is 338 g/mol. The minimum Gasteiger partial charge on any atom is -0.393 e. The van der Waals surface area contributed by atoms with E-state index >= 15 is 0 Å². The Kier molecular flexibility index (Phi) is 11.9. The molecule has 1 rings (SSSR count). The first kappa shape index (κ1) is 21.2. The lowest BCUT2D eigenvalue weighted by molar-refractivity contribution is -0.153. The molecule has 1 heterocycles. The molecular weight excluding hydrogens is 300 g/mol. The quantitative estimate of drug-likeness (QED) is 0.203. The van der Waals surface area contributed by atoms with Gasteiger partial charge in [0.1, 0.15) is 0 Å². The van der Waals surface area contributed by atoms with Crippen molar-refractivity contribution in [2.24, 2.45) is 11.8 Å². The molecule has 0 spiro atoms. The molecule has 0 aliphatic carbocycles. The Morgan fingerprint density at radius 1 is 0.833 bits per heavy atom. The molecular formula is C21H38O3. The molecule has 2 unspecified atom stereocenters. The molecule has 1 aliphatic heterocycles. The zero-order valence-corrected chi connectivity index (χ0v) is 16.0. The van der Waals surface area contributed by atoms with Crippen molar-refractivity contribution >= 4 is 11.9 Å². The summed E-state index contributed by atoms with van der Waals surface area (Å²) >= 11 is 0. The molecule has 0 bridgehead atoms. The molecule has 3 heteroatoms. The normalized spacial score (nSPS) is 18.8. The highest BCUT2D eigenvalue weighted by atomic mass is 16.6. The van der Waals surface area contributed by atoms with Gasteiger partial charge in [-0.25, -0.2) is 0 Å². The van der Waals surface area contributed by atoms with E-state index in [-0.39, 0.29) is 17.9 Å². The second kappa shape index (κ2) is 13.4. The van der Waals surface area contributed by atoms with Gasteiger partial charge in [0.2, 0.25) is 0 Å². The third-order valence-electron chi connectivity index (χ3n) is 5.26. The molecule has 0 aromatic carbocycles. The summed E-state index contributed by atoms with van der Waals surface area (Å²) in [5.41, 5.74) is 0. The number of cyclic esters (lactones) is 2. The maximum absolute atomic E-state index is 11.7. The van der Waals surface area contributed by atoms with Gasteiger partial charge in [-0.05, 0) is 12.3 Å². The van der Waals surface area contributed by atoms with Crippen LogP contribution < -0.4 is 0 Å². The number of carbonyl (C=O) groups is 2. The van der Waals surface area contributed by atoms with E-state index in [1.807, 2.05) is 0 Å². The molecule has 0 amide bonds. The predicted molar refractivity (Wildman–Crippen MR) is 98.7 cm³/mol. The van der Waals surface area contributed by atoms with Crippen molar-refractivity contribution in [3.63, 3.8) is 0 Å². The maximum Gasteiger partial charge on any atom is 0.317 e. The number of hydrogen-bond donors (Lipinski definition) is 0. The predicted octanol–water partition coefficient (Wildman–Crippen LogP) is 6.19. The van der Waals surface area contributed by atoms with Crippen LogP contribution in [0.3, 0.4) is 0 Å². The first-order valence-electron chi connectivity index (χ1n) is 10.4. The number of ether oxygens (including phenoxy) is 1. The zero-order chi connectivity index (χ0) is 17.6. The van der Waals surface area contributed by atoms with Crippen molar-refractivity contribution in [2.45, 2.75) is 110 Å². The van der Waals surface area contributed by atoms with Crippen molar-refractivity contribution < 1.29 is 14.3 Å². The van der Waals surface area contributed by atoms with E-state index in [0.29, 0.717) is 12.3 Å². The molecule has 1 fully saturated rings. The Balaban J connectivity index is 2.29. The van der Waals surface area contributed by atoms with E-state index in [4.69, 9.17) is 4.74 Å². The Labute approximate surface area is 148 Å². The molecule has 3 nitrogen and oxygen atoms in total. The van der Waals surface area contributed by atoms with Crippen molar-refractivity contribution in [3.8, 4) is 0 Å². The molecule has 0 saturated carbocycles. The van der Waals surface area contributed by atoms with Crippen LogP contribution in [0.25, 0.3) is 0 Å². The van der Waals surface area contributed by atoms with Crippen LogP contribution in [0.1, 0.15) is 110 Å². The summed E-state index contributed by atoms with van der Waals surface area (Å²) in [6.07, 6.45) is 17.9. The van der Waals surface area contributed by atoms with Gasteiger partial charge < -0.3 is 4.74 Å². The molecule has 0 N–H and O–H groups in total. The molecule has 1 aliphatic rings. The van der Waals surface area contributed by atoms with Crippen molar-refractivity contribution in [1.29, 1.82) is 0 Å². The fraction of sp³-hybridized carbons (Fsp3) is 0.905. The lowest BCUT2D eigenvalue weighted by atomic mass is 9.85. The summed E-state index contributed by atoms with van der Waals surface area (Å²) < 4.78 is 4.72. The van der Waals surface area contributed by atoms with Gasteiger partial charge in [-0.3, -0.25) is 9.59 Å². The van der Waals surface area contributed by atoms with Gasteiger partial charge in [0, 0.05) is 0 Å². The maximum atomic E-state index is 11.7. The van der Waals surface area contributed by atoms with Gasteiger partial charge in [0.25, 0.3) is 0 Å². The van der Waals surface area contributed by atoms with Crippen LogP contribution >= 0.6 is 0 Å². The summed E-state index contributed by atoms with van der Waals surface area (Å²) in [7, 11) is 0. The lowest BCUT2D eigenvalue weighted by Gasteiger charge is -2.18. The third-order valence-corrected chi connectivity index (χ3v) is 5.26. The molecule has 24 heavy (non-hydrogen) atoms. The van der Waals surface area contributed by atoms with E-state index in [1.54, 1.807) is 0 Å². The third kappa shape index (κ3) is 9.44. The highest BCUT2D eigenvalue weighted by Gasteiger charge is 2.34. The Bertz CT molecular complexity index is 351. The van der Waals surface area contributed by atoms with E-state index in [0.717, 1.165) is 6.42 Å². The van der Waals surface area contributed by atoms with Crippen LogP contribution in [0, 0.1) is 11.8 Å². The summed E-state index contributed by atoms with van der Waals surface area (Å²) in [6.45, 7) is 4.49. The average molecular weight is 339 g/mol. The standard InChI is InChI=1S/C21H38O3/c1-3-5-7-9-11-13-15-18(14-12-10-8-6-4-2)16-19-17-20(22)24-21(19)23/h18-19H,3-17H2,1-2H3. The van der Waals surface area contributed by atoms with Crippen LogP contribution in [0.4, 0.5) is 0 Å². The topological polar surface area (TPSA) is 43.4 Å².